The number of aliphatic hydroxyl groups is 2. The van der Waals surface area contributed by atoms with E-state index in [-0.39, 0.29) is 18.5 Å². The number of hydrogen-bond acceptors (Lipinski definition) is 5. The number of carbonyl (C=O) groups is 2. The van der Waals surface area contributed by atoms with Crippen LogP contribution in [0.3, 0.4) is 0 Å². The first-order valence-electron chi connectivity index (χ1n) is 34.1. The van der Waals surface area contributed by atoms with Gasteiger partial charge in [0, 0.05) is 12.8 Å². The van der Waals surface area contributed by atoms with Gasteiger partial charge in [-0.25, -0.2) is 0 Å². The van der Waals surface area contributed by atoms with Crippen LogP contribution in [0.25, 0.3) is 0 Å². The molecule has 2 unspecified atom stereocenters. The van der Waals surface area contributed by atoms with Crippen molar-refractivity contribution >= 4 is 11.9 Å². The monoisotopic (exact) mass is 1060 g/mol. The first kappa shape index (κ1) is 73.3. The van der Waals surface area contributed by atoms with Gasteiger partial charge in [-0.15, -0.1) is 0 Å². The molecule has 0 bridgehead atoms. The summed E-state index contributed by atoms with van der Waals surface area (Å²) in [5, 5.41) is 23.4. The van der Waals surface area contributed by atoms with Crippen molar-refractivity contribution in [1.29, 1.82) is 0 Å². The van der Waals surface area contributed by atoms with Crippen molar-refractivity contribution in [2.24, 2.45) is 0 Å². The molecule has 0 aromatic heterocycles. The number of esters is 1. The summed E-state index contributed by atoms with van der Waals surface area (Å²) in [4.78, 5) is 24.6. The van der Waals surface area contributed by atoms with Crippen LogP contribution in [0.2, 0.25) is 0 Å². The third-order valence-corrected chi connectivity index (χ3v) is 16.0. The van der Waals surface area contributed by atoms with E-state index in [1.165, 1.54) is 302 Å². The van der Waals surface area contributed by atoms with Crippen LogP contribution in [-0.2, 0) is 14.3 Å². The minimum Gasteiger partial charge on any atom is -0.466 e. The number of nitrogens with one attached hydrogen (secondary N) is 1. The minimum atomic E-state index is -0.671. The van der Waals surface area contributed by atoms with Gasteiger partial charge in [0.15, 0.2) is 0 Å². The van der Waals surface area contributed by atoms with Gasteiger partial charge in [-0.3, -0.25) is 9.59 Å². The van der Waals surface area contributed by atoms with Gasteiger partial charge in [0.05, 0.1) is 25.4 Å². The summed E-state index contributed by atoms with van der Waals surface area (Å²) in [6.07, 6.45) is 80.6. The molecule has 0 saturated carbocycles. The van der Waals surface area contributed by atoms with Gasteiger partial charge in [-0.05, 0) is 77.0 Å². The summed E-state index contributed by atoms with van der Waals surface area (Å²) >= 11 is 0. The highest BCUT2D eigenvalue weighted by molar-refractivity contribution is 5.76. The lowest BCUT2D eigenvalue weighted by Gasteiger charge is -2.22. The average Bonchev–Trinajstić information content (AvgIpc) is 3.41. The first-order chi connectivity index (χ1) is 37.0. The number of aliphatic hydroxyl groups excluding tert-OH is 2. The minimum absolute atomic E-state index is 0.000765. The summed E-state index contributed by atoms with van der Waals surface area (Å²) < 4.78 is 5.48. The van der Waals surface area contributed by atoms with Crippen LogP contribution in [0.5, 0.6) is 0 Å². The molecule has 0 aromatic rings. The van der Waals surface area contributed by atoms with Crippen LogP contribution in [-0.4, -0.2) is 47.4 Å². The Balaban J connectivity index is 3.43. The topological polar surface area (TPSA) is 95.9 Å². The number of unbranched alkanes of at least 4 members (excludes halogenated alkanes) is 49. The van der Waals surface area contributed by atoms with E-state index < -0.39 is 12.1 Å². The molecule has 0 fully saturated rings. The van der Waals surface area contributed by atoms with Gasteiger partial charge < -0.3 is 20.3 Å². The standard InChI is InChI=1S/C69H133NO5/c1-3-5-7-9-11-13-15-17-19-20-21-22-23-24-27-30-34-37-41-45-49-53-57-61-67(72)66(65-71)70-68(73)62-58-54-50-46-42-38-35-31-28-25-26-29-32-36-40-44-48-52-56-60-64-75-69(74)63-59-55-51-47-43-39-33-18-16-14-12-10-8-6-4-2/h18,25,28,33,66-67,71-72H,3-17,19-24,26-27,29-32,34-65H2,1-2H3,(H,70,73)/b28-25-,33-18-. The number of carbonyl (C=O) groups excluding carboxylic acids is 2. The molecular weight excluding hydrogens is 923 g/mol. The Morgan fingerprint density at radius 2 is 0.627 bits per heavy atom. The molecule has 0 saturated heterocycles. The lowest BCUT2D eigenvalue weighted by molar-refractivity contribution is -0.143. The quantitative estimate of drug-likeness (QED) is 0.0320. The Hall–Kier alpha value is -1.66. The maximum absolute atomic E-state index is 12.5. The van der Waals surface area contributed by atoms with Crippen LogP contribution in [0.15, 0.2) is 24.3 Å². The number of allylic oxidation sites excluding steroid dienone is 4. The van der Waals surface area contributed by atoms with E-state index in [1.807, 2.05) is 0 Å². The SMILES string of the molecule is CCCCCCCC/C=C\CCCCCCCC(=O)OCCCCCCCCCCC/C=C\CCCCCCCCCC(=O)NC(CO)C(O)CCCCCCCCCCCCCCCCCCCCCCCCC. The first-order valence-corrected chi connectivity index (χ1v) is 34.1. The van der Waals surface area contributed by atoms with Crippen LogP contribution < -0.4 is 5.32 Å². The van der Waals surface area contributed by atoms with Crippen molar-refractivity contribution in [3.63, 3.8) is 0 Å². The molecular formula is C69H133NO5. The van der Waals surface area contributed by atoms with E-state index >= 15 is 0 Å². The van der Waals surface area contributed by atoms with E-state index in [9.17, 15) is 19.8 Å². The molecule has 0 aliphatic heterocycles. The molecule has 0 aliphatic rings. The van der Waals surface area contributed by atoms with Gasteiger partial charge in [0.1, 0.15) is 0 Å². The zero-order valence-electron chi connectivity index (χ0n) is 50.8. The molecule has 6 heteroatoms. The Labute approximate surface area is 469 Å². The number of hydrogen-bond donors (Lipinski definition) is 3. The zero-order valence-corrected chi connectivity index (χ0v) is 50.8. The fraction of sp³-hybridized carbons (Fsp3) is 0.913. The summed E-state index contributed by atoms with van der Waals surface area (Å²) in [7, 11) is 0. The number of ether oxygens (including phenoxy) is 1. The third-order valence-electron chi connectivity index (χ3n) is 16.0. The molecule has 75 heavy (non-hydrogen) atoms. The summed E-state index contributed by atoms with van der Waals surface area (Å²) in [6, 6.07) is -0.549. The molecule has 6 nitrogen and oxygen atoms in total. The third kappa shape index (κ3) is 61.4. The van der Waals surface area contributed by atoms with Crippen molar-refractivity contribution in [3.8, 4) is 0 Å². The van der Waals surface area contributed by atoms with Gasteiger partial charge >= 0.3 is 5.97 Å². The maximum atomic E-state index is 12.5. The fourth-order valence-corrected chi connectivity index (χ4v) is 10.7. The predicted molar refractivity (Wildman–Crippen MR) is 329 cm³/mol. The van der Waals surface area contributed by atoms with Crippen molar-refractivity contribution in [3.05, 3.63) is 24.3 Å². The molecule has 0 spiro atoms. The molecule has 3 N–H and O–H groups in total. The van der Waals surface area contributed by atoms with Gasteiger partial charge in [-0.2, -0.15) is 0 Å². The lowest BCUT2D eigenvalue weighted by Crippen LogP contribution is -2.45. The molecule has 444 valence electrons. The van der Waals surface area contributed by atoms with E-state index in [0.29, 0.717) is 25.9 Å². The fourth-order valence-electron chi connectivity index (χ4n) is 10.7. The summed E-state index contributed by atoms with van der Waals surface area (Å²) in [6.45, 7) is 4.97. The van der Waals surface area contributed by atoms with E-state index in [1.54, 1.807) is 0 Å². The second-order valence-electron chi connectivity index (χ2n) is 23.5. The van der Waals surface area contributed by atoms with E-state index in [2.05, 4.69) is 43.5 Å². The maximum Gasteiger partial charge on any atom is 0.305 e. The van der Waals surface area contributed by atoms with Gasteiger partial charge in [-0.1, -0.05) is 314 Å². The highest BCUT2D eigenvalue weighted by atomic mass is 16.5. The molecule has 0 aliphatic carbocycles. The van der Waals surface area contributed by atoms with Crippen LogP contribution in [0.4, 0.5) is 0 Å². The van der Waals surface area contributed by atoms with Crippen molar-refractivity contribution in [2.45, 2.75) is 392 Å². The number of rotatable bonds is 64. The molecule has 0 rings (SSSR count). The molecule has 0 aromatic carbocycles. The normalized spacial score (nSPS) is 12.6. The summed E-state index contributed by atoms with van der Waals surface area (Å²) in [5.41, 5.74) is 0. The van der Waals surface area contributed by atoms with Crippen LogP contribution in [0, 0.1) is 0 Å². The van der Waals surface area contributed by atoms with E-state index in [4.69, 9.17) is 4.74 Å². The Bertz CT molecular complexity index is 1170. The average molecular weight is 1060 g/mol. The van der Waals surface area contributed by atoms with E-state index in [0.717, 1.165) is 44.9 Å². The van der Waals surface area contributed by atoms with Crippen molar-refractivity contribution < 1.29 is 24.5 Å². The molecule has 0 heterocycles. The number of amides is 1. The van der Waals surface area contributed by atoms with Gasteiger partial charge in [0.2, 0.25) is 5.91 Å². The molecule has 2 atom stereocenters. The van der Waals surface area contributed by atoms with Crippen LogP contribution >= 0.6 is 0 Å². The van der Waals surface area contributed by atoms with Gasteiger partial charge in [0.25, 0.3) is 0 Å². The summed E-state index contributed by atoms with van der Waals surface area (Å²) in [5.74, 6) is -0.0403. The Kier molecular flexibility index (Phi) is 63.4. The molecule has 1 amide bonds. The smallest absolute Gasteiger partial charge is 0.305 e. The van der Waals surface area contributed by atoms with Crippen molar-refractivity contribution in [2.75, 3.05) is 13.2 Å². The second kappa shape index (κ2) is 64.9. The molecule has 0 radical (unpaired) electrons. The predicted octanol–water partition coefficient (Wildman–Crippen LogP) is 21.8. The second-order valence-corrected chi connectivity index (χ2v) is 23.5. The highest BCUT2D eigenvalue weighted by Crippen LogP contribution is 2.18. The largest absolute Gasteiger partial charge is 0.466 e. The Morgan fingerprint density at radius 3 is 0.947 bits per heavy atom. The lowest BCUT2D eigenvalue weighted by atomic mass is 10.0. The zero-order chi connectivity index (χ0) is 54.3. The van der Waals surface area contributed by atoms with Crippen LogP contribution in [0.1, 0.15) is 380 Å². The van der Waals surface area contributed by atoms with Crippen molar-refractivity contribution in [1.82, 2.24) is 5.32 Å². The highest BCUT2D eigenvalue weighted by Gasteiger charge is 2.20. The Morgan fingerprint density at radius 1 is 0.360 bits per heavy atom.